The summed E-state index contributed by atoms with van der Waals surface area (Å²) >= 11 is 1.48. The number of hydrogen-bond donors (Lipinski definition) is 0. The van der Waals surface area contributed by atoms with Gasteiger partial charge in [-0.3, -0.25) is 5.01 Å². The fraction of sp³-hybridized carbons (Fsp3) is 0.357. The van der Waals surface area contributed by atoms with Gasteiger partial charge < -0.3 is 4.90 Å². The predicted molar refractivity (Wildman–Crippen MR) is 88.6 cm³/mol. The first kappa shape index (κ1) is 16.0. The maximum atomic E-state index is 4.28. The molecule has 1 aromatic heterocycles. The molecule has 0 aliphatic heterocycles. The Morgan fingerprint density at radius 2 is 1.64 bits per heavy atom. The van der Waals surface area contributed by atoms with Crippen molar-refractivity contribution >= 4 is 33.7 Å². The van der Waals surface area contributed by atoms with Crippen molar-refractivity contribution in [3.63, 3.8) is 0 Å². The maximum absolute atomic E-state index is 4.28. The molecule has 2 aromatic rings. The first-order valence-corrected chi connectivity index (χ1v) is 7.61. The molecule has 1 heterocycles. The summed E-state index contributed by atoms with van der Waals surface area (Å²) in [6.45, 7) is 0. The Kier molecular flexibility index (Phi) is 5.16. The molecular formula is C14H20N7S+. The number of nitrogens with zero attached hydrogens (tertiary/aromatic N) is 7. The van der Waals surface area contributed by atoms with Crippen molar-refractivity contribution in [3.8, 4) is 0 Å². The second-order valence-electron chi connectivity index (χ2n) is 5.08. The molecule has 0 fully saturated rings. The number of hydrogen-bond acceptors (Lipinski definition) is 6. The first-order chi connectivity index (χ1) is 10.5. The van der Waals surface area contributed by atoms with Crippen LogP contribution >= 0.6 is 11.3 Å². The SMILES string of the molecule is CN(C)/N=N/c1csc(N=Nc2ccc(N(C)C)cc2)[n+]1C. The summed E-state index contributed by atoms with van der Waals surface area (Å²) in [6, 6.07) is 7.91. The quantitative estimate of drug-likeness (QED) is 0.480. The van der Waals surface area contributed by atoms with E-state index in [-0.39, 0.29) is 0 Å². The van der Waals surface area contributed by atoms with E-state index in [1.54, 1.807) is 5.01 Å². The van der Waals surface area contributed by atoms with Gasteiger partial charge in [-0.05, 0) is 24.3 Å². The van der Waals surface area contributed by atoms with Gasteiger partial charge in [0, 0.05) is 49.3 Å². The van der Waals surface area contributed by atoms with Crippen LogP contribution in [-0.4, -0.2) is 33.2 Å². The Morgan fingerprint density at radius 3 is 2.23 bits per heavy atom. The van der Waals surface area contributed by atoms with Crippen LogP contribution in [0.15, 0.2) is 50.2 Å². The normalized spacial score (nSPS) is 11.5. The number of aromatic nitrogens is 1. The van der Waals surface area contributed by atoms with Crippen LogP contribution in [0.3, 0.4) is 0 Å². The molecule has 0 saturated heterocycles. The first-order valence-electron chi connectivity index (χ1n) is 6.73. The molecule has 0 N–H and O–H groups in total. The molecule has 0 bridgehead atoms. The second-order valence-corrected chi connectivity index (χ2v) is 5.92. The zero-order chi connectivity index (χ0) is 16.1. The van der Waals surface area contributed by atoms with Crippen LogP contribution < -0.4 is 9.47 Å². The zero-order valence-corrected chi connectivity index (χ0v) is 14.2. The fourth-order valence-electron chi connectivity index (χ4n) is 1.60. The van der Waals surface area contributed by atoms with E-state index >= 15 is 0 Å². The summed E-state index contributed by atoms with van der Waals surface area (Å²) in [7, 11) is 9.56. The van der Waals surface area contributed by atoms with Gasteiger partial charge in [0.05, 0.1) is 12.4 Å². The lowest BCUT2D eigenvalue weighted by Crippen LogP contribution is -2.25. The molecule has 0 aliphatic rings. The topological polar surface area (TPSA) is 59.8 Å². The molecule has 0 saturated carbocycles. The van der Waals surface area contributed by atoms with E-state index < -0.39 is 0 Å². The lowest BCUT2D eigenvalue weighted by molar-refractivity contribution is -0.641. The summed E-state index contributed by atoms with van der Waals surface area (Å²) in [6.07, 6.45) is 0. The summed E-state index contributed by atoms with van der Waals surface area (Å²) in [5.74, 6) is 0.746. The lowest BCUT2D eigenvalue weighted by atomic mass is 10.3. The van der Waals surface area contributed by atoms with Crippen LogP contribution in [0, 0.1) is 0 Å². The number of benzene rings is 1. The van der Waals surface area contributed by atoms with E-state index in [1.807, 2.05) is 74.4 Å². The summed E-state index contributed by atoms with van der Waals surface area (Å²) in [4.78, 5) is 2.04. The summed E-state index contributed by atoms with van der Waals surface area (Å²) in [5, 5.41) is 21.0. The van der Waals surface area contributed by atoms with Gasteiger partial charge >= 0.3 is 10.9 Å². The minimum absolute atomic E-state index is 0.746. The fourth-order valence-corrected chi connectivity index (χ4v) is 2.35. The van der Waals surface area contributed by atoms with Gasteiger partial charge in [0.15, 0.2) is 0 Å². The maximum Gasteiger partial charge on any atom is 0.345 e. The smallest absolute Gasteiger partial charge is 0.345 e. The van der Waals surface area contributed by atoms with Crippen LogP contribution in [0.4, 0.5) is 22.3 Å². The molecule has 0 atom stereocenters. The average Bonchev–Trinajstić information content (AvgIpc) is 2.84. The minimum atomic E-state index is 0.746. The van der Waals surface area contributed by atoms with Crippen LogP contribution in [0.1, 0.15) is 0 Å². The van der Waals surface area contributed by atoms with E-state index in [0.717, 1.165) is 22.3 Å². The standard InChI is InChI=1S/C14H20N7S/c1-19(2)12-8-6-11(7-9-12)15-17-14-21(5)13(10-22-14)16-18-20(3)4/h6-10H,1-5H3/q+1/b18-16+. The molecule has 0 amide bonds. The average molecular weight is 318 g/mol. The molecule has 0 spiro atoms. The number of thiazole rings is 1. The highest BCUT2D eigenvalue weighted by Gasteiger charge is 2.14. The van der Waals surface area contributed by atoms with Gasteiger partial charge in [0.25, 0.3) is 0 Å². The van der Waals surface area contributed by atoms with E-state index in [0.29, 0.717) is 0 Å². The van der Waals surface area contributed by atoms with E-state index in [2.05, 4.69) is 20.6 Å². The van der Waals surface area contributed by atoms with Crippen molar-refractivity contribution < 1.29 is 4.57 Å². The van der Waals surface area contributed by atoms with Gasteiger partial charge in [-0.1, -0.05) is 16.5 Å². The second kappa shape index (κ2) is 7.08. The van der Waals surface area contributed by atoms with Gasteiger partial charge in [0.1, 0.15) is 5.69 Å². The van der Waals surface area contributed by atoms with Crippen molar-refractivity contribution in [2.45, 2.75) is 0 Å². The molecule has 8 heteroatoms. The summed E-state index contributed by atoms with van der Waals surface area (Å²) < 4.78 is 1.86. The largest absolute Gasteiger partial charge is 0.378 e. The molecule has 7 nitrogen and oxygen atoms in total. The van der Waals surface area contributed by atoms with Crippen LogP contribution in [0.25, 0.3) is 0 Å². The van der Waals surface area contributed by atoms with Gasteiger partial charge in [-0.15, -0.1) is 0 Å². The van der Waals surface area contributed by atoms with E-state index in [9.17, 15) is 0 Å². The van der Waals surface area contributed by atoms with Gasteiger partial charge in [-0.25, -0.2) is 4.57 Å². The third-order valence-corrected chi connectivity index (χ3v) is 3.74. The molecule has 2 rings (SSSR count). The van der Waals surface area contributed by atoms with Crippen LogP contribution in [0.5, 0.6) is 0 Å². The Morgan fingerprint density at radius 1 is 0.955 bits per heavy atom. The van der Waals surface area contributed by atoms with Crippen molar-refractivity contribution in [2.24, 2.45) is 27.6 Å². The highest BCUT2D eigenvalue weighted by atomic mass is 32.1. The number of azo groups is 1. The third kappa shape index (κ3) is 4.08. The number of rotatable bonds is 5. The molecular weight excluding hydrogens is 298 g/mol. The van der Waals surface area contributed by atoms with Gasteiger partial charge in [-0.2, -0.15) is 0 Å². The highest BCUT2D eigenvalue weighted by molar-refractivity contribution is 7.13. The molecule has 116 valence electrons. The molecule has 0 unspecified atom stereocenters. The van der Waals surface area contributed by atoms with Gasteiger partial charge in [0.2, 0.25) is 0 Å². The van der Waals surface area contributed by atoms with Crippen molar-refractivity contribution in [1.29, 1.82) is 0 Å². The molecule has 22 heavy (non-hydrogen) atoms. The Balaban J connectivity index is 2.13. The lowest BCUT2D eigenvalue weighted by Gasteiger charge is -2.11. The highest BCUT2D eigenvalue weighted by Crippen LogP contribution is 2.25. The van der Waals surface area contributed by atoms with Crippen molar-refractivity contribution in [2.75, 3.05) is 33.1 Å². The third-order valence-electron chi connectivity index (χ3n) is 2.84. The molecule has 0 radical (unpaired) electrons. The Labute approximate surface area is 134 Å². The Hall–Kier alpha value is -2.35. The monoisotopic (exact) mass is 318 g/mol. The minimum Gasteiger partial charge on any atom is -0.378 e. The van der Waals surface area contributed by atoms with Crippen molar-refractivity contribution in [1.82, 2.24) is 5.01 Å². The number of anilines is 1. The molecule has 1 aromatic carbocycles. The van der Waals surface area contributed by atoms with E-state index in [1.165, 1.54) is 11.3 Å². The predicted octanol–water partition coefficient (Wildman–Crippen LogP) is 3.61. The molecule has 0 aliphatic carbocycles. The Bertz CT molecular complexity index is 671. The van der Waals surface area contributed by atoms with Crippen molar-refractivity contribution in [3.05, 3.63) is 29.6 Å². The van der Waals surface area contributed by atoms with E-state index in [4.69, 9.17) is 0 Å². The van der Waals surface area contributed by atoms with Crippen LogP contribution in [-0.2, 0) is 7.05 Å². The summed E-state index contributed by atoms with van der Waals surface area (Å²) in [5.41, 5.74) is 1.95. The zero-order valence-electron chi connectivity index (χ0n) is 13.4. The van der Waals surface area contributed by atoms with Crippen LogP contribution in [0.2, 0.25) is 0 Å².